The third kappa shape index (κ3) is 4.15. The second-order valence-corrected chi connectivity index (χ2v) is 5.37. The smallest absolute Gasteiger partial charge is 0.218 e. The highest BCUT2D eigenvalue weighted by Crippen LogP contribution is 2.25. The summed E-state index contributed by atoms with van der Waals surface area (Å²) in [4.78, 5) is 4.10. The number of halogens is 1. The minimum absolute atomic E-state index is 0.0760. The summed E-state index contributed by atoms with van der Waals surface area (Å²) >= 11 is 0. The molecule has 0 bridgehead atoms. The van der Waals surface area contributed by atoms with Gasteiger partial charge in [-0.3, -0.25) is 0 Å². The van der Waals surface area contributed by atoms with Crippen molar-refractivity contribution in [2.45, 2.75) is 58.5 Å². The van der Waals surface area contributed by atoms with Crippen molar-refractivity contribution in [2.75, 3.05) is 6.54 Å². The molecule has 1 saturated heterocycles. The molecule has 112 valence electrons. The van der Waals surface area contributed by atoms with E-state index in [2.05, 4.69) is 10.3 Å². The highest BCUT2D eigenvalue weighted by Gasteiger charge is 2.26. The zero-order chi connectivity index (χ0) is 14.5. The standard InChI is InChI=1S/C15H23FN2O2/c1-4-17-8-12-7-13(16)9-18-15(12)20-14-5-10(2)19-11(3)6-14/h7,9-11,14,17H,4-6,8H2,1-3H3. The summed E-state index contributed by atoms with van der Waals surface area (Å²) in [5.41, 5.74) is 0.763. The maximum absolute atomic E-state index is 13.3. The van der Waals surface area contributed by atoms with Crippen LogP contribution in [0.15, 0.2) is 12.3 Å². The summed E-state index contributed by atoms with van der Waals surface area (Å²) in [5.74, 6) is 0.192. The molecular formula is C15H23FN2O2. The summed E-state index contributed by atoms with van der Waals surface area (Å²) in [6.45, 7) is 7.48. The van der Waals surface area contributed by atoms with E-state index in [1.54, 1.807) is 0 Å². The first-order chi connectivity index (χ1) is 9.58. The molecule has 0 saturated carbocycles. The molecule has 0 aromatic carbocycles. The largest absolute Gasteiger partial charge is 0.474 e. The zero-order valence-electron chi connectivity index (χ0n) is 12.4. The summed E-state index contributed by atoms with van der Waals surface area (Å²) < 4.78 is 25.0. The Balaban J connectivity index is 2.07. The first kappa shape index (κ1) is 15.2. The fourth-order valence-corrected chi connectivity index (χ4v) is 2.56. The van der Waals surface area contributed by atoms with Crippen LogP contribution in [0, 0.1) is 5.82 Å². The van der Waals surface area contributed by atoms with Crippen molar-refractivity contribution in [3.63, 3.8) is 0 Å². The lowest BCUT2D eigenvalue weighted by Crippen LogP contribution is -2.36. The highest BCUT2D eigenvalue weighted by molar-refractivity contribution is 5.26. The first-order valence-electron chi connectivity index (χ1n) is 7.25. The van der Waals surface area contributed by atoms with Crippen LogP contribution < -0.4 is 10.1 Å². The number of pyridine rings is 1. The fourth-order valence-electron chi connectivity index (χ4n) is 2.56. The van der Waals surface area contributed by atoms with Crippen molar-refractivity contribution in [1.82, 2.24) is 10.3 Å². The van der Waals surface area contributed by atoms with Crippen molar-refractivity contribution in [3.8, 4) is 5.88 Å². The third-order valence-corrected chi connectivity index (χ3v) is 3.39. The molecule has 0 radical (unpaired) electrons. The first-order valence-corrected chi connectivity index (χ1v) is 7.25. The van der Waals surface area contributed by atoms with Gasteiger partial charge in [0.2, 0.25) is 5.88 Å². The Kier molecular flexibility index (Phi) is 5.31. The lowest BCUT2D eigenvalue weighted by molar-refractivity contribution is -0.0731. The molecular weight excluding hydrogens is 259 g/mol. The van der Waals surface area contributed by atoms with E-state index in [0.29, 0.717) is 12.4 Å². The van der Waals surface area contributed by atoms with Crippen LogP contribution in [0.25, 0.3) is 0 Å². The van der Waals surface area contributed by atoms with Crippen LogP contribution in [0.5, 0.6) is 5.88 Å². The molecule has 2 rings (SSSR count). The molecule has 1 aromatic heterocycles. The Morgan fingerprint density at radius 1 is 1.40 bits per heavy atom. The van der Waals surface area contributed by atoms with E-state index in [9.17, 15) is 4.39 Å². The lowest BCUT2D eigenvalue weighted by Gasteiger charge is -2.32. The Morgan fingerprint density at radius 2 is 2.10 bits per heavy atom. The molecule has 20 heavy (non-hydrogen) atoms. The van der Waals surface area contributed by atoms with Gasteiger partial charge in [0.15, 0.2) is 0 Å². The molecule has 1 aliphatic rings. The van der Waals surface area contributed by atoms with Crippen LogP contribution in [0.2, 0.25) is 0 Å². The monoisotopic (exact) mass is 282 g/mol. The third-order valence-electron chi connectivity index (χ3n) is 3.39. The van der Waals surface area contributed by atoms with Crippen LogP contribution >= 0.6 is 0 Å². The van der Waals surface area contributed by atoms with Crippen LogP contribution in [-0.4, -0.2) is 29.8 Å². The molecule has 1 aromatic rings. The average Bonchev–Trinajstić information content (AvgIpc) is 2.38. The molecule has 1 fully saturated rings. The molecule has 1 N–H and O–H groups in total. The summed E-state index contributed by atoms with van der Waals surface area (Å²) in [7, 11) is 0. The van der Waals surface area contributed by atoms with Crippen molar-refractivity contribution in [3.05, 3.63) is 23.6 Å². The normalized spacial score (nSPS) is 26.5. The minimum Gasteiger partial charge on any atom is -0.474 e. The zero-order valence-corrected chi connectivity index (χ0v) is 12.4. The van der Waals surface area contributed by atoms with Gasteiger partial charge >= 0.3 is 0 Å². The van der Waals surface area contributed by atoms with Gasteiger partial charge in [-0.25, -0.2) is 9.37 Å². The second kappa shape index (κ2) is 6.99. The van der Waals surface area contributed by atoms with Gasteiger partial charge in [-0.1, -0.05) is 6.92 Å². The average molecular weight is 282 g/mol. The van der Waals surface area contributed by atoms with Gasteiger partial charge < -0.3 is 14.8 Å². The number of nitrogens with one attached hydrogen (secondary N) is 1. The van der Waals surface area contributed by atoms with Crippen molar-refractivity contribution in [2.24, 2.45) is 0 Å². The van der Waals surface area contributed by atoms with E-state index in [1.807, 2.05) is 20.8 Å². The number of ether oxygens (including phenoxy) is 2. The summed E-state index contributed by atoms with van der Waals surface area (Å²) in [5, 5.41) is 3.18. The Labute approximate surface area is 119 Å². The Hall–Kier alpha value is -1.20. The maximum atomic E-state index is 13.3. The van der Waals surface area contributed by atoms with E-state index < -0.39 is 0 Å². The molecule has 0 aliphatic carbocycles. The SMILES string of the molecule is CCNCc1cc(F)cnc1OC1CC(C)OC(C)C1. The van der Waals surface area contributed by atoms with Gasteiger partial charge in [-0.15, -0.1) is 0 Å². The van der Waals surface area contributed by atoms with E-state index in [1.165, 1.54) is 12.3 Å². The number of hydrogen-bond acceptors (Lipinski definition) is 4. The van der Waals surface area contributed by atoms with Gasteiger partial charge in [0.1, 0.15) is 11.9 Å². The quantitative estimate of drug-likeness (QED) is 0.901. The molecule has 4 nitrogen and oxygen atoms in total. The van der Waals surface area contributed by atoms with Gasteiger partial charge in [-0.2, -0.15) is 0 Å². The van der Waals surface area contributed by atoms with Gasteiger partial charge in [0, 0.05) is 24.9 Å². The molecule has 1 aliphatic heterocycles. The number of nitrogens with zero attached hydrogens (tertiary/aromatic N) is 1. The van der Waals surface area contributed by atoms with E-state index >= 15 is 0 Å². The summed E-state index contributed by atoms with van der Waals surface area (Å²) in [6.07, 6.45) is 3.32. The van der Waals surface area contributed by atoms with E-state index in [4.69, 9.17) is 9.47 Å². The minimum atomic E-state index is -0.334. The highest BCUT2D eigenvalue weighted by atomic mass is 19.1. The topological polar surface area (TPSA) is 43.4 Å². The van der Waals surface area contributed by atoms with Crippen LogP contribution in [0.3, 0.4) is 0 Å². The van der Waals surface area contributed by atoms with Crippen molar-refractivity contribution >= 4 is 0 Å². The molecule has 5 heteroatoms. The fraction of sp³-hybridized carbons (Fsp3) is 0.667. The molecule has 2 heterocycles. The molecule has 0 amide bonds. The Bertz CT molecular complexity index is 432. The van der Waals surface area contributed by atoms with Crippen LogP contribution in [0.4, 0.5) is 4.39 Å². The number of hydrogen-bond donors (Lipinski definition) is 1. The number of rotatable bonds is 5. The van der Waals surface area contributed by atoms with E-state index in [-0.39, 0.29) is 24.1 Å². The van der Waals surface area contributed by atoms with Gasteiger partial charge in [-0.05, 0) is 26.5 Å². The Morgan fingerprint density at radius 3 is 2.75 bits per heavy atom. The predicted octanol–water partition coefficient (Wildman–Crippen LogP) is 2.67. The molecule has 0 spiro atoms. The predicted molar refractivity (Wildman–Crippen MR) is 75.2 cm³/mol. The maximum Gasteiger partial charge on any atom is 0.218 e. The van der Waals surface area contributed by atoms with Gasteiger partial charge in [0.05, 0.1) is 18.4 Å². The molecule has 2 atom stereocenters. The van der Waals surface area contributed by atoms with Crippen LogP contribution in [0.1, 0.15) is 39.2 Å². The van der Waals surface area contributed by atoms with E-state index in [0.717, 1.165) is 24.9 Å². The molecule has 2 unspecified atom stereocenters. The van der Waals surface area contributed by atoms with Gasteiger partial charge in [0.25, 0.3) is 0 Å². The second-order valence-electron chi connectivity index (χ2n) is 5.37. The van der Waals surface area contributed by atoms with Crippen molar-refractivity contribution in [1.29, 1.82) is 0 Å². The summed E-state index contributed by atoms with van der Waals surface area (Å²) in [6, 6.07) is 1.48. The number of aromatic nitrogens is 1. The van der Waals surface area contributed by atoms with Crippen molar-refractivity contribution < 1.29 is 13.9 Å². The lowest BCUT2D eigenvalue weighted by atomic mass is 10.0. The van der Waals surface area contributed by atoms with Crippen LogP contribution in [-0.2, 0) is 11.3 Å².